The lowest BCUT2D eigenvalue weighted by molar-refractivity contribution is 3.15. The van der Waals surface area contributed by atoms with Crippen LogP contribution in [0.2, 0.25) is 0 Å². The largest absolute Gasteiger partial charge is 0.107 e. The van der Waals surface area contributed by atoms with E-state index in [0.29, 0.717) is 0 Å². The number of hydrogen-bond acceptors (Lipinski definition) is 2. The van der Waals surface area contributed by atoms with Gasteiger partial charge in [-0.3, -0.25) is 0 Å². The van der Waals surface area contributed by atoms with Crippen LogP contribution in [0.4, 0.5) is 0 Å². The Balaban J connectivity index is 2.78. The summed E-state index contributed by atoms with van der Waals surface area (Å²) in [4.78, 5) is 0. The molecular formula is C4H2S2. The molecule has 0 spiro atoms. The van der Waals surface area contributed by atoms with Gasteiger partial charge in [-0.1, -0.05) is 0 Å². The molecule has 2 heteroatoms. The van der Waals surface area contributed by atoms with E-state index in [4.69, 9.17) is 12.8 Å². The summed E-state index contributed by atoms with van der Waals surface area (Å²) >= 11 is 0. The fourth-order valence-corrected chi connectivity index (χ4v) is 0.433. The first kappa shape index (κ1) is 5.82. The van der Waals surface area contributed by atoms with Crippen molar-refractivity contribution < 1.29 is 0 Å². The number of terminal acetylenes is 2. The third kappa shape index (κ3) is 3.82. The Bertz CT molecular complexity index is 79.1. The monoisotopic (exact) mass is 114 g/mol. The molecule has 0 aliphatic rings. The molecule has 6 heavy (non-hydrogen) atoms. The second kappa shape index (κ2) is 4.82. The summed E-state index contributed by atoms with van der Waals surface area (Å²) in [6, 6.07) is 0. The van der Waals surface area contributed by atoms with Crippen molar-refractivity contribution in [3.8, 4) is 23.4 Å². The van der Waals surface area contributed by atoms with E-state index in [1.54, 1.807) is 0 Å². The lowest BCUT2D eigenvalue weighted by Gasteiger charge is -1.68. The molecule has 0 aliphatic carbocycles. The highest BCUT2D eigenvalue weighted by Crippen LogP contribution is 2.15. The van der Waals surface area contributed by atoms with Crippen LogP contribution in [0.1, 0.15) is 0 Å². The molecule has 0 unspecified atom stereocenters. The van der Waals surface area contributed by atoms with Crippen LogP contribution in [0.3, 0.4) is 0 Å². The first-order valence-corrected chi connectivity index (χ1v) is 3.30. The van der Waals surface area contributed by atoms with Gasteiger partial charge in [-0.2, -0.15) is 0 Å². The van der Waals surface area contributed by atoms with Gasteiger partial charge in [0, 0.05) is 21.6 Å². The van der Waals surface area contributed by atoms with Crippen molar-refractivity contribution in [2.75, 3.05) is 0 Å². The van der Waals surface area contributed by atoms with E-state index >= 15 is 0 Å². The lowest BCUT2D eigenvalue weighted by atomic mass is 11.4. The molecule has 0 atom stereocenters. The summed E-state index contributed by atoms with van der Waals surface area (Å²) in [7, 11) is 2.43. The summed E-state index contributed by atoms with van der Waals surface area (Å²) in [6.45, 7) is 0. The van der Waals surface area contributed by atoms with Crippen LogP contribution in [-0.2, 0) is 0 Å². The Labute approximate surface area is 45.5 Å². The summed E-state index contributed by atoms with van der Waals surface area (Å²) in [5.74, 6) is 0. The van der Waals surface area contributed by atoms with Crippen molar-refractivity contribution in [1.82, 2.24) is 0 Å². The van der Waals surface area contributed by atoms with Gasteiger partial charge in [0.15, 0.2) is 0 Å². The van der Waals surface area contributed by atoms with Crippen LogP contribution < -0.4 is 0 Å². The molecule has 0 aromatic carbocycles. The molecular weight excluding hydrogens is 112 g/mol. The average Bonchev–Trinajstić information content (AvgIpc) is 1.61. The van der Waals surface area contributed by atoms with Gasteiger partial charge in [0.05, 0.1) is 0 Å². The van der Waals surface area contributed by atoms with Crippen LogP contribution in [0, 0.1) is 23.4 Å². The van der Waals surface area contributed by atoms with Gasteiger partial charge in [0.25, 0.3) is 0 Å². The van der Waals surface area contributed by atoms with Crippen molar-refractivity contribution in [1.29, 1.82) is 0 Å². The van der Waals surface area contributed by atoms with E-state index in [9.17, 15) is 0 Å². The van der Waals surface area contributed by atoms with Gasteiger partial charge >= 0.3 is 0 Å². The highest BCUT2D eigenvalue weighted by molar-refractivity contribution is 8.80. The summed E-state index contributed by atoms with van der Waals surface area (Å²) in [6.07, 6.45) is 9.62. The molecule has 0 amide bonds. The zero-order valence-corrected chi connectivity index (χ0v) is 4.60. The minimum absolute atomic E-state index is 1.22. The Morgan fingerprint density at radius 2 is 1.33 bits per heavy atom. The van der Waals surface area contributed by atoms with Crippen LogP contribution in [0.15, 0.2) is 0 Å². The SMILES string of the molecule is C#CSSC#C. The average molecular weight is 114 g/mol. The molecule has 0 fully saturated rings. The second-order valence-electron chi connectivity index (χ2n) is 0.402. The Morgan fingerprint density at radius 3 is 1.50 bits per heavy atom. The van der Waals surface area contributed by atoms with E-state index in [0.717, 1.165) is 0 Å². The first-order valence-electron chi connectivity index (χ1n) is 1.15. The molecule has 0 N–H and O–H groups in total. The fraction of sp³-hybridized carbons (Fsp3) is 0. The van der Waals surface area contributed by atoms with Gasteiger partial charge in [-0.15, -0.1) is 12.8 Å². The molecule has 0 saturated heterocycles. The minimum atomic E-state index is 1.22. The maximum Gasteiger partial charge on any atom is 0.00768 e. The normalized spacial score (nSPS) is 5.67. The molecule has 0 aliphatic heterocycles. The minimum Gasteiger partial charge on any atom is -0.107 e. The fourth-order valence-electron chi connectivity index (χ4n) is 0.0481. The Kier molecular flexibility index (Phi) is 4.68. The smallest absolute Gasteiger partial charge is 0.00768 e. The molecule has 0 bridgehead atoms. The van der Waals surface area contributed by atoms with E-state index in [2.05, 4.69) is 10.5 Å². The number of rotatable bonds is 1. The zero-order valence-electron chi connectivity index (χ0n) is 2.97. The summed E-state index contributed by atoms with van der Waals surface area (Å²) in [5, 5.41) is 4.61. The Morgan fingerprint density at radius 1 is 1.00 bits per heavy atom. The maximum absolute atomic E-state index is 4.81. The summed E-state index contributed by atoms with van der Waals surface area (Å²) in [5.41, 5.74) is 0. The van der Waals surface area contributed by atoms with Gasteiger partial charge in [0.2, 0.25) is 0 Å². The van der Waals surface area contributed by atoms with Crippen molar-refractivity contribution in [2.45, 2.75) is 0 Å². The third-order valence-electron chi connectivity index (χ3n) is 0.138. The van der Waals surface area contributed by atoms with Gasteiger partial charge < -0.3 is 0 Å². The molecule has 0 nitrogen and oxygen atoms in total. The van der Waals surface area contributed by atoms with Crippen molar-refractivity contribution in [2.24, 2.45) is 0 Å². The summed E-state index contributed by atoms with van der Waals surface area (Å²) < 4.78 is 0. The van der Waals surface area contributed by atoms with E-state index in [1.165, 1.54) is 21.6 Å². The van der Waals surface area contributed by atoms with E-state index in [1.807, 2.05) is 0 Å². The third-order valence-corrected chi connectivity index (χ3v) is 1.24. The van der Waals surface area contributed by atoms with Gasteiger partial charge in [-0.25, -0.2) is 0 Å². The second-order valence-corrected chi connectivity index (χ2v) is 2.21. The molecule has 0 saturated carbocycles. The molecule has 0 heterocycles. The maximum atomic E-state index is 4.81. The van der Waals surface area contributed by atoms with Gasteiger partial charge in [0.1, 0.15) is 0 Å². The topological polar surface area (TPSA) is 0 Å². The van der Waals surface area contributed by atoms with Crippen LogP contribution in [0.5, 0.6) is 0 Å². The first-order chi connectivity index (χ1) is 2.91. The molecule has 0 rings (SSSR count). The highest BCUT2D eigenvalue weighted by Gasteiger charge is 1.67. The molecule has 30 valence electrons. The highest BCUT2D eigenvalue weighted by atomic mass is 33.1. The predicted molar refractivity (Wildman–Crippen MR) is 32.8 cm³/mol. The quantitative estimate of drug-likeness (QED) is 0.288. The van der Waals surface area contributed by atoms with Crippen LogP contribution in [0.25, 0.3) is 0 Å². The zero-order chi connectivity index (χ0) is 4.83. The standard InChI is InChI=1S/C4H2S2/c1-3-5-6-4-2/h1-2H. The molecule has 0 aromatic heterocycles. The van der Waals surface area contributed by atoms with Crippen LogP contribution in [-0.4, -0.2) is 0 Å². The van der Waals surface area contributed by atoms with E-state index in [-0.39, 0.29) is 0 Å². The van der Waals surface area contributed by atoms with Crippen LogP contribution >= 0.6 is 21.6 Å². The van der Waals surface area contributed by atoms with E-state index < -0.39 is 0 Å². The predicted octanol–water partition coefficient (Wildman–Crippen LogP) is 1.55. The van der Waals surface area contributed by atoms with Crippen molar-refractivity contribution >= 4 is 21.6 Å². The molecule has 0 radical (unpaired) electrons. The lowest BCUT2D eigenvalue weighted by Crippen LogP contribution is -1.30. The van der Waals surface area contributed by atoms with Crippen molar-refractivity contribution in [3.63, 3.8) is 0 Å². The van der Waals surface area contributed by atoms with Gasteiger partial charge in [-0.05, 0) is 10.5 Å². The Hall–Kier alpha value is -0.180. The van der Waals surface area contributed by atoms with Crippen molar-refractivity contribution in [3.05, 3.63) is 0 Å². The number of hydrogen-bond donors (Lipinski definition) is 0. The molecule has 0 aromatic rings.